The second kappa shape index (κ2) is 5.63. The van der Waals surface area contributed by atoms with Crippen molar-refractivity contribution >= 4 is 33.4 Å². The van der Waals surface area contributed by atoms with E-state index in [4.69, 9.17) is 10.2 Å². The minimum absolute atomic E-state index is 0.251. The Bertz CT molecular complexity index is 656. The van der Waals surface area contributed by atoms with Gasteiger partial charge in [-0.3, -0.25) is 0 Å². The van der Waals surface area contributed by atoms with Gasteiger partial charge in [-0.2, -0.15) is 0 Å². The van der Waals surface area contributed by atoms with Crippen LogP contribution < -0.4 is 0 Å². The van der Waals surface area contributed by atoms with E-state index in [1.54, 1.807) is 24.3 Å². The van der Waals surface area contributed by atoms with E-state index >= 15 is 0 Å². The number of carboxylic acids is 2. The number of halogens is 1. The fourth-order valence-corrected chi connectivity index (χ4v) is 2.95. The number of aromatic carboxylic acids is 1. The summed E-state index contributed by atoms with van der Waals surface area (Å²) in [7, 11) is 0. The number of aryl methyl sites for hydroxylation is 1. The standard InChI is InChI=1S/C15H13BrO4/c1-8-6-9(14(17)18)2-4-11(8)12-5-3-10(15(19)20)7-13(12)16/h2,4,6-7H,3,5H2,1H3,(H,17,18)(H,19,20). The van der Waals surface area contributed by atoms with E-state index in [0.29, 0.717) is 18.4 Å². The molecule has 0 spiro atoms. The van der Waals surface area contributed by atoms with Crippen LogP contribution in [0.4, 0.5) is 0 Å². The molecular weight excluding hydrogens is 324 g/mol. The summed E-state index contributed by atoms with van der Waals surface area (Å²) in [4.78, 5) is 21.9. The van der Waals surface area contributed by atoms with Crippen LogP contribution in [0.15, 0.2) is 34.3 Å². The fraction of sp³-hybridized carbons (Fsp3) is 0.200. The highest BCUT2D eigenvalue weighted by Gasteiger charge is 2.19. The fourth-order valence-electron chi connectivity index (χ4n) is 2.26. The van der Waals surface area contributed by atoms with Crippen molar-refractivity contribution in [1.82, 2.24) is 0 Å². The zero-order valence-electron chi connectivity index (χ0n) is 10.8. The first kappa shape index (κ1) is 14.5. The second-order valence-corrected chi connectivity index (χ2v) is 5.49. The van der Waals surface area contributed by atoms with Crippen molar-refractivity contribution in [2.45, 2.75) is 19.8 Å². The molecule has 0 radical (unpaired) electrons. The number of aliphatic carboxylic acids is 1. The molecule has 0 heterocycles. The second-order valence-electron chi connectivity index (χ2n) is 4.64. The number of carboxylic acid groups (broad SMARTS) is 2. The largest absolute Gasteiger partial charge is 0.478 e. The van der Waals surface area contributed by atoms with Gasteiger partial charge in [0.15, 0.2) is 0 Å². The average molecular weight is 337 g/mol. The van der Waals surface area contributed by atoms with Gasteiger partial charge in [0.25, 0.3) is 0 Å². The van der Waals surface area contributed by atoms with Gasteiger partial charge in [-0.1, -0.05) is 22.0 Å². The Hall–Kier alpha value is -1.88. The Morgan fingerprint density at radius 3 is 2.35 bits per heavy atom. The van der Waals surface area contributed by atoms with Crippen molar-refractivity contribution in [3.05, 3.63) is 51.0 Å². The van der Waals surface area contributed by atoms with Gasteiger partial charge in [-0.05, 0) is 54.7 Å². The number of hydrogen-bond acceptors (Lipinski definition) is 2. The third-order valence-electron chi connectivity index (χ3n) is 3.31. The van der Waals surface area contributed by atoms with Crippen LogP contribution in [0.2, 0.25) is 0 Å². The van der Waals surface area contributed by atoms with Crippen molar-refractivity contribution in [2.24, 2.45) is 0 Å². The van der Waals surface area contributed by atoms with Crippen LogP contribution in [-0.2, 0) is 4.79 Å². The van der Waals surface area contributed by atoms with E-state index in [0.717, 1.165) is 21.2 Å². The maximum absolute atomic E-state index is 11.0. The molecule has 0 aliphatic heterocycles. The lowest BCUT2D eigenvalue weighted by Gasteiger charge is -2.17. The maximum Gasteiger partial charge on any atom is 0.335 e. The molecule has 0 bridgehead atoms. The molecule has 0 saturated heterocycles. The summed E-state index contributed by atoms with van der Waals surface area (Å²) in [6.07, 6.45) is 2.71. The van der Waals surface area contributed by atoms with E-state index in [9.17, 15) is 9.59 Å². The van der Waals surface area contributed by atoms with Crippen LogP contribution in [0, 0.1) is 6.92 Å². The van der Waals surface area contributed by atoms with Crippen molar-refractivity contribution in [3.63, 3.8) is 0 Å². The number of carbonyl (C=O) groups is 2. The van der Waals surface area contributed by atoms with E-state index < -0.39 is 11.9 Å². The molecule has 0 saturated carbocycles. The molecule has 1 aliphatic carbocycles. The summed E-state index contributed by atoms with van der Waals surface area (Å²) in [6.45, 7) is 1.85. The van der Waals surface area contributed by atoms with Gasteiger partial charge in [0.05, 0.1) is 5.56 Å². The monoisotopic (exact) mass is 336 g/mol. The van der Waals surface area contributed by atoms with Crippen LogP contribution in [0.3, 0.4) is 0 Å². The van der Waals surface area contributed by atoms with E-state index in [-0.39, 0.29) is 5.56 Å². The number of hydrogen-bond donors (Lipinski definition) is 2. The molecule has 1 aromatic carbocycles. The van der Waals surface area contributed by atoms with Gasteiger partial charge in [0, 0.05) is 10.1 Å². The summed E-state index contributed by atoms with van der Waals surface area (Å²) in [5, 5.41) is 18.0. The SMILES string of the molecule is Cc1cc(C(=O)O)ccc1C1=C(Br)C=C(C(=O)O)CC1. The average Bonchev–Trinajstić information content (AvgIpc) is 2.38. The summed E-state index contributed by atoms with van der Waals surface area (Å²) in [5.41, 5.74) is 3.44. The van der Waals surface area contributed by atoms with Gasteiger partial charge in [-0.15, -0.1) is 0 Å². The van der Waals surface area contributed by atoms with Gasteiger partial charge < -0.3 is 10.2 Å². The minimum atomic E-state index is -0.954. The first-order chi connectivity index (χ1) is 9.40. The zero-order chi connectivity index (χ0) is 14.9. The van der Waals surface area contributed by atoms with E-state index in [1.165, 1.54) is 0 Å². The highest BCUT2D eigenvalue weighted by Crippen LogP contribution is 2.36. The molecule has 1 aromatic rings. The van der Waals surface area contributed by atoms with Crippen molar-refractivity contribution < 1.29 is 19.8 Å². The molecule has 0 atom stereocenters. The molecule has 0 fully saturated rings. The molecule has 0 unspecified atom stereocenters. The molecule has 2 N–H and O–H groups in total. The van der Waals surface area contributed by atoms with Gasteiger partial charge in [-0.25, -0.2) is 9.59 Å². The molecule has 0 aromatic heterocycles. The number of benzene rings is 1. The number of rotatable bonds is 3. The van der Waals surface area contributed by atoms with Gasteiger partial charge in [0.1, 0.15) is 0 Å². The quantitative estimate of drug-likeness (QED) is 0.884. The van der Waals surface area contributed by atoms with Crippen molar-refractivity contribution in [2.75, 3.05) is 0 Å². The third kappa shape index (κ3) is 2.82. The molecule has 2 rings (SSSR count). The molecule has 4 nitrogen and oxygen atoms in total. The molecule has 20 heavy (non-hydrogen) atoms. The normalized spacial score (nSPS) is 15.0. The van der Waals surface area contributed by atoms with Crippen LogP contribution in [0.1, 0.15) is 34.3 Å². The Balaban J connectivity index is 2.45. The Morgan fingerprint density at radius 1 is 1.15 bits per heavy atom. The topological polar surface area (TPSA) is 74.6 Å². The highest BCUT2D eigenvalue weighted by atomic mass is 79.9. The predicted molar refractivity (Wildman–Crippen MR) is 78.9 cm³/mol. The molecular formula is C15H13BrO4. The Morgan fingerprint density at radius 2 is 1.85 bits per heavy atom. The lowest BCUT2D eigenvalue weighted by atomic mass is 9.90. The maximum atomic E-state index is 11.0. The zero-order valence-corrected chi connectivity index (χ0v) is 12.4. The van der Waals surface area contributed by atoms with Crippen molar-refractivity contribution in [3.8, 4) is 0 Å². The molecule has 1 aliphatic rings. The summed E-state index contributed by atoms with van der Waals surface area (Å²) < 4.78 is 0.743. The first-order valence-electron chi connectivity index (χ1n) is 6.07. The molecule has 0 amide bonds. The molecule has 104 valence electrons. The van der Waals surface area contributed by atoms with Crippen LogP contribution in [0.5, 0.6) is 0 Å². The number of allylic oxidation sites excluding steroid dienone is 3. The van der Waals surface area contributed by atoms with Gasteiger partial charge >= 0.3 is 11.9 Å². The lowest BCUT2D eigenvalue weighted by molar-refractivity contribution is -0.132. The minimum Gasteiger partial charge on any atom is -0.478 e. The lowest BCUT2D eigenvalue weighted by Crippen LogP contribution is -2.06. The van der Waals surface area contributed by atoms with Crippen LogP contribution in [0.25, 0.3) is 5.57 Å². The summed E-state index contributed by atoms with van der Waals surface area (Å²) >= 11 is 3.41. The third-order valence-corrected chi connectivity index (χ3v) is 4.01. The van der Waals surface area contributed by atoms with Gasteiger partial charge in [0.2, 0.25) is 0 Å². The van der Waals surface area contributed by atoms with Crippen LogP contribution in [-0.4, -0.2) is 22.2 Å². The predicted octanol–water partition coefficient (Wildman–Crippen LogP) is 3.60. The van der Waals surface area contributed by atoms with Crippen molar-refractivity contribution in [1.29, 1.82) is 0 Å². The molecule has 5 heteroatoms. The first-order valence-corrected chi connectivity index (χ1v) is 6.86. The van der Waals surface area contributed by atoms with E-state index in [2.05, 4.69) is 15.9 Å². The van der Waals surface area contributed by atoms with E-state index in [1.807, 2.05) is 6.92 Å². The highest BCUT2D eigenvalue weighted by molar-refractivity contribution is 9.12. The Labute approximate surface area is 124 Å². The Kier molecular flexibility index (Phi) is 4.09. The summed E-state index contributed by atoms with van der Waals surface area (Å²) in [6, 6.07) is 4.96. The summed E-state index contributed by atoms with van der Waals surface area (Å²) in [5.74, 6) is -1.86. The smallest absolute Gasteiger partial charge is 0.335 e. The van der Waals surface area contributed by atoms with Crippen LogP contribution >= 0.6 is 15.9 Å².